The Bertz CT molecular complexity index is 90.7. The van der Waals surface area contributed by atoms with Crippen LogP contribution in [0.5, 0.6) is 0 Å². The van der Waals surface area contributed by atoms with Crippen molar-refractivity contribution in [3.05, 3.63) is 24.5 Å². The Kier molecular flexibility index (Phi) is 3.98. The lowest BCUT2D eigenvalue weighted by Crippen LogP contribution is -2.03. The largest absolute Gasteiger partial charge is 0.500 e. The SMILES string of the molecule is C=C/C=C(\CN)OC. The van der Waals surface area contributed by atoms with Gasteiger partial charge in [-0.05, 0) is 6.08 Å². The third-order valence-corrected chi connectivity index (χ3v) is 0.767. The first-order valence-corrected chi connectivity index (χ1v) is 2.40. The van der Waals surface area contributed by atoms with Crippen LogP contribution in [0.25, 0.3) is 0 Å². The fourth-order valence-electron chi connectivity index (χ4n) is 0.351. The van der Waals surface area contributed by atoms with E-state index in [9.17, 15) is 0 Å². The van der Waals surface area contributed by atoms with Gasteiger partial charge in [0, 0.05) is 0 Å². The summed E-state index contributed by atoms with van der Waals surface area (Å²) < 4.78 is 4.80. The Hall–Kier alpha value is -0.760. The molecule has 0 aliphatic rings. The topological polar surface area (TPSA) is 35.2 Å². The van der Waals surface area contributed by atoms with E-state index in [1.54, 1.807) is 19.3 Å². The molecule has 0 aliphatic carbocycles. The van der Waals surface area contributed by atoms with E-state index in [0.29, 0.717) is 6.54 Å². The quantitative estimate of drug-likeness (QED) is 0.431. The maximum absolute atomic E-state index is 5.23. The van der Waals surface area contributed by atoms with Crippen molar-refractivity contribution in [2.45, 2.75) is 0 Å². The minimum absolute atomic E-state index is 0.433. The van der Waals surface area contributed by atoms with Gasteiger partial charge in [-0.1, -0.05) is 12.7 Å². The molecule has 0 aromatic rings. The highest BCUT2D eigenvalue weighted by atomic mass is 16.5. The summed E-state index contributed by atoms with van der Waals surface area (Å²) >= 11 is 0. The van der Waals surface area contributed by atoms with Crippen molar-refractivity contribution in [2.75, 3.05) is 13.7 Å². The first kappa shape index (κ1) is 7.24. The average Bonchev–Trinajstić information content (AvgIpc) is 1.83. The summed E-state index contributed by atoms with van der Waals surface area (Å²) in [5.41, 5.74) is 5.23. The van der Waals surface area contributed by atoms with Crippen LogP contribution in [0.2, 0.25) is 0 Å². The van der Waals surface area contributed by atoms with E-state index in [1.165, 1.54) is 0 Å². The van der Waals surface area contributed by atoms with E-state index in [2.05, 4.69) is 6.58 Å². The standard InChI is InChI=1S/C6H11NO/c1-3-4-6(5-7)8-2/h3-4H,1,5,7H2,2H3/b6-4+. The van der Waals surface area contributed by atoms with Crippen LogP contribution in [0.3, 0.4) is 0 Å². The summed E-state index contributed by atoms with van der Waals surface area (Å²) in [6.07, 6.45) is 3.38. The van der Waals surface area contributed by atoms with Gasteiger partial charge in [0.15, 0.2) is 0 Å². The van der Waals surface area contributed by atoms with E-state index in [4.69, 9.17) is 10.5 Å². The van der Waals surface area contributed by atoms with E-state index in [0.717, 1.165) is 5.76 Å². The Morgan fingerprint density at radius 3 is 2.62 bits per heavy atom. The molecule has 0 radical (unpaired) electrons. The molecule has 0 atom stereocenters. The van der Waals surface area contributed by atoms with Crippen LogP contribution in [-0.2, 0) is 4.74 Å². The van der Waals surface area contributed by atoms with Gasteiger partial charge >= 0.3 is 0 Å². The minimum Gasteiger partial charge on any atom is -0.500 e. The molecule has 2 heteroatoms. The third-order valence-electron chi connectivity index (χ3n) is 0.767. The first-order valence-electron chi connectivity index (χ1n) is 2.40. The Labute approximate surface area is 49.6 Å². The highest BCUT2D eigenvalue weighted by Gasteiger charge is 1.84. The fourth-order valence-corrected chi connectivity index (χ4v) is 0.351. The molecule has 0 saturated heterocycles. The maximum Gasteiger partial charge on any atom is 0.109 e. The zero-order valence-corrected chi connectivity index (χ0v) is 5.05. The van der Waals surface area contributed by atoms with Crippen LogP contribution in [0.15, 0.2) is 24.5 Å². The molecule has 8 heavy (non-hydrogen) atoms. The number of rotatable bonds is 3. The second-order valence-corrected chi connectivity index (χ2v) is 1.28. The van der Waals surface area contributed by atoms with E-state index in [1.807, 2.05) is 0 Å². The number of methoxy groups -OCH3 is 1. The van der Waals surface area contributed by atoms with Gasteiger partial charge in [0.25, 0.3) is 0 Å². The van der Waals surface area contributed by atoms with E-state index in [-0.39, 0.29) is 0 Å². The van der Waals surface area contributed by atoms with Crippen molar-refractivity contribution in [1.29, 1.82) is 0 Å². The molecule has 0 spiro atoms. The lowest BCUT2D eigenvalue weighted by Gasteiger charge is -1.98. The number of nitrogens with two attached hydrogens (primary N) is 1. The van der Waals surface area contributed by atoms with Crippen molar-refractivity contribution in [2.24, 2.45) is 5.73 Å². The van der Waals surface area contributed by atoms with Crippen LogP contribution in [-0.4, -0.2) is 13.7 Å². The van der Waals surface area contributed by atoms with Crippen molar-refractivity contribution in [1.82, 2.24) is 0 Å². The molecule has 0 bridgehead atoms. The van der Waals surface area contributed by atoms with Crippen molar-refractivity contribution in [3.63, 3.8) is 0 Å². The average molecular weight is 113 g/mol. The Balaban J connectivity index is 3.66. The molecule has 2 N–H and O–H groups in total. The lowest BCUT2D eigenvalue weighted by atomic mass is 10.4. The third kappa shape index (κ3) is 2.42. The molecule has 0 unspecified atom stereocenters. The molecule has 0 aromatic carbocycles. The predicted octanol–water partition coefficient (Wildman–Crippen LogP) is 0.661. The molecule has 46 valence electrons. The lowest BCUT2D eigenvalue weighted by molar-refractivity contribution is 0.287. The monoisotopic (exact) mass is 113 g/mol. The second kappa shape index (κ2) is 4.40. The van der Waals surface area contributed by atoms with Crippen LogP contribution in [0.4, 0.5) is 0 Å². The van der Waals surface area contributed by atoms with E-state index < -0.39 is 0 Å². The number of hydrogen-bond donors (Lipinski definition) is 1. The molecular formula is C6H11NO. The van der Waals surface area contributed by atoms with E-state index >= 15 is 0 Å². The molecule has 0 aromatic heterocycles. The van der Waals surface area contributed by atoms with Gasteiger partial charge < -0.3 is 10.5 Å². The predicted molar refractivity (Wildman–Crippen MR) is 34.3 cm³/mol. The fraction of sp³-hybridized carbons (Fsp3) is 0.333. The van der Waals surface area contributed by atoms with Crippen LogP contribution >= 0.6 is 0 Å². The molecule has 0 heterocycles. The highest BCUT2D eigenvalue weighted by molar-refractivity contribution is 5.04. The van der Waals surface area contributed by atoms with Gasteiger partial charge in [-0.2, -0.15) is 0 Å². The molecule has 0 rings (SSSR count). The van der Waals surface area contributed by atoms with Crippen LogP contribution in [0, 0.1) is 0 Å². The summed E-state index contributed by atoms with van der Waals surface area (Å²) in [5.74, 6) is 0.750. The van der Waals surface area contributed by atoms with Crippen molar-refractivity contribution in [3.8, 4) is 0 Å². The number of ether oxygens (including phenoxy) is 1. The molecule has 0 fully saturated rings. The zero-order chi connectivity index (χ0) is 6.41. The summed E-state index contributed by atoms with van der Waals surface area (Å²) in [6.45, 7) is 3.92. The van der Waals surface area contributed by atoms with Crippen LogP contribution in [0.1, 0.15) is 0 Å². The molecule has 0 saturated carbocycles. The summed E-state index contributed by atoms with van der Waals surface area (Å²) in [7, 11) is 1.59. The smallest absolute Gasteiger partial charge is 0.109 e. The summed E-state index contributed by atoms with van der Waals surface area (Å²) in [6, 6.07) is 0. The summed E-state index contributed by atoms with van der Waals surface area (Å²) in [4.78, 5) is 0. The number of allylic oxidation sites excluding steroid dienone is 2. The van der Waals surface area contributed by atoms with Gasteiger partial charge in [0.05, 0.1) is 13.7 Å². The number of hydrogen-bond acceptors (Lipinski definition) is 2. The second-order valence-electron chi connectivity index (χ2n) is 1.28. The van der Waals surface area contributed by atoms with Gasteiger partial charge in [0.1, 0.15) is 5.76 Å². The maximum atomic E-state index is 5.23. The Morgan fingerprint density at radius 2 is 2.50 bits per heavy atom. The minimum atomic E-state index is 0.433. The summed E-state index contributed by atoms with van der Waals surface area (Å²) in [5, 5.41) is 0. The molecule has 0 amide bonds. The van der Waals surface area contributed by atoms with Gasteiger partial charge in [-0.25, -0.2) is 0 Å². The highest BCUT2D eigenvalue weighted by Crippen LogP contribution is 1.89. The Morgan fingerprint density at radius 1 is 1.88 bits per heavy atom. The van der Waals surface area contributed by atoms with Crippen molar-refractivity contribution < 1.29 is 4.74 Å². The van der Waals surface area contributed by atoms with Crippen molar-refractivity contribution >= 4 is 0 Å². The zero-order valence-electron chi connectivity index (χ0n) is 5.05. The molecular weight excluding hydrogens is 102 g/mol. The molecule has 0 aliphatic heterocycles. The molecule has 2 nitrogen and oxygen atoms in total. The van der Waals surface area contributed by atoms with Crippen LogP contribution < -0.4 is 5.73 Å². The van der Waals surface area contributed by atoms with Gasteiger partial charge in [0.2, 0.25) is 0 Å². The first-order chi connectivity index (χ1) is 3.85. The van der Waals surface area contributed by atoms with Gasteiger partial charge in [-0.15, -0.1) is 0 Å². The van der Waals surface area contributed by atoms with Gasteiger partial charge in [-0.3, -0.25) is 0 Å². The normalized spacial score (nSPS) is 11.0.